The number of unbranched alkanes of at least 4 members (excludes halogenated alkanes) is 4. The van der Waals surface area contributed by atoms with Crippen LogP contribution in [0.2, 0.25) is 0 Å². The van der Waals surface area contributed by atoms with Crippen LogP contribution in [-0.4, -0.2) is 35.1 Å². The van der Waals surface area contributed by atoms with Gasteiger partial charge in [0.1, 0.15) is 6.04 Å². The van der Waals surface area contributed by atoms with Gasteiger partial charge in [0, 0.05) is 0 Å². The van der Waals surface area contributed by atoms with Crippen molar-refractivity contribution in [2.45, 2.75) is 64.3 Å². The lowest BCUT2D eigenvalue weighted by Gasteiger charge is -2.23. The van der Waals surface area contributed by atoms with Crippen LogP contribution in [0.15, 0.2) is 0 Å². The minimum Gasteiger partial charge on any atom is -0.480 e. The van der Waals surface area contributed by atoms with Gasteiger partial charge in [-0.05, 0) is 32.4 Å². The molecule has 1 atom stereocenters. The molecule has 1 heterocycles. The number of carboxylic acids is 1. The molecule has 3 heteroatoms. The number of carbonyl (C=O) groups is 1. The van der Waals surface area contributed by atoms with E-state index < -0.39 is 5.97 Å². The average Bonchev–Trinajstić information content (AvgIpc) is 2.76. The van der Waals surface area contributed by atoms with Crippen molar-refractivity contribution in [2.24, 2.45) is 0 Å². The zero-order chi connectivity index (χ0) is 11.8. The molecule has 0 radical (unpaired) electrons. The van der Waals surface area contributed by atoms with Crippen molar-refractivity contribution in [3.8, 4) is 0 Å². The van der Waals surface area contributed by atoms with Gasteiger partial charge in [0.15, 0.2) is 0 Å². The van der Waals surface area contributed by atoms with Gasteiger partial charge in [0.25, 0.3) is 0 Å². The van der Waals surface area contributed by atoms with Crippen molar-refractivity contribution in [2.75, 3.05) is 13.1 Å². The first-order valence-corrected chi connectivity index (χ1v) is 6.72. The Labute approximate surface area is 98.8 Å². The zero-order valence-corrected chi connectivity index (χ0v) is 10.5. The second kappa shape index (κ2) is 7.66. The maximum Gasteiger partial charge on any atom is 0.320 e. The molecule has 0 amide bonds. The molecule has 0 bridgehead atoms. The number of hydrogen-bond acceptors (Lipinski definition) is 2. The molecule has 1 fully saturated rings. The van der Waals surface area contributed by atoms with Crippen LogP contribution >= 0.6 is 0 Å². The molecule has 0 spiro atoms. The molecule has 3 nitrogen and oxygen atoms in total. The van der Waals surface area contributed by atoms with Crippen molar-refractivity contribution in [1.82, 2.24) is 4.90 Å². The summed E-state index contributed by atoms with van der Waals surface area (Å²) in [6, 6.07) is -0.218. The predicted octanol–water partition coefficient (Wildman–Crippen LogP) is 2.90. The van der Waals surface area contributed by atoms with Crippen LogP contribution in [0.3, 0.4) is 0 Å². The second-order valence-corrected chi connectivity index (χ2v) is 4.80. The lowest BCUT2D eigenvalue weighted by molar-refractivity contribution is -0.143. The summed E-state index contributed by atoms with van der Waals surface area (Å²) in [5, 5.41) is 9.19. The number of aliphatic carboxylic acids is 1. The summed E-state index contributed by atoms with van der Waals surface area (Å²) in [7, 11) is 0. The van der Waals surface area contributed by atoms with Gasteiger partial charge in [-0.1, -0.05) is 39.0 Å². The van der Waals surface area contributed by atoms with Crippen LogP contribution < -0.4 is 0 Å². The molecule has 1 saturated heterocycles. The van der Waals surface area contributed by atoms with Gasteiger partial charge in [-0.25, -0.2) is 0 Å². The standard InChI is InChI=1S/C13H25NO2/c1-2-3-4-5-6-9-12(13(15)16)14-10-7-8-11-14/h12H,2-11H2,1H3,(H,15,16). The summed E-state index contributed by atoms with van der Waals surface area (Å²) >= 11 is 0. The molecule has 94 valence electrons. The molecule has 0 aromatic rings. The Morgan fingerprint density at radius 1 is 1.19 bits per heavy atom. The smallest absolute Gasteiger partial charge is 0.320 e. The highest BCUT2D eigenvalue weighted by Crippen LogP contribution is 2.17. The van der Waals surface area contributed by atoms with Crippen molar-refractivity contribution >= 4 is 5.97 Å². The molecule has 16 heavy (non-hydrogen) atoms. The minimum absolute atomic E-state index is 0.218. The Morgan fingerprint density at radius 3 is 2.38 bits per heavy atom. The Kier molecular flexibility index (Phi) is 6.46. The minimum atomic E-state index is -0.627. The topological polar surface area (TPSA) is 40.5 Å². The van der Waals surface area contributed by atoms with Gasteiger partial charge in [-0.2, -0.15) is 0 Å². The number of hydrogen-bond donors (Lipinski definition) is 1. The molecule has 0 aromatic carbocycles. The number of carboxylic acid groups (broad SMARTS) is 1. The molecule has 1 unspecified atom stereocenters. The number of rotatable bonds is 8. The summed E-state index contributed by atoms with van der Waals surface area (Å²) in [6.07, 6.45) is 9.19. The van der Waals surface area contributed by atoms with Crippen LogP contribution in [0.1, 0.15) is 58.3 Å². The van der Waals surface area contributed by atoms with E-state index in [1.54, 1.807) is 0 Å². The Hall–Kier alpha value is -0.570. The average molecular weight is 227 g/mol. The van der Waals surface area contributed by atoms with E-state index in [9.17, 15) is 9.90 Å². The third-order valence-corrected chi connectivity index (χ3v) is 3.45. The van der Waals surface area contributed by atoms with Gasteiger partial charge < -0.3 is 5.11 Å². The molecule has 1 aliphatic heterocycles. The summed E-state index contributed by atoms with van der Waals surface area (Å²) < 4.78 is 0. The fraction of sp³-hybridized carbons (Fsp3) is 0.923. The van der Waals surface area contributed by atoms with E-state index in [0.717, 1.165) is 25.9 Å². The molecule has 1 aliphatic rings. The first kappa shape index (κ1) is 13.5. The summed E-state index contributed by atoms with van der Waals surface area (Å²) in [5.41, 5.74) is 0. The first-order chi connectivity index (χ1) is 7.75. The number of likely N-dealkylation sites (tertiary alicyclic amines) is 1. The summed E-state index contributed by atoms with van der Waals surface area (Å²) in [6.45, 7) is 4.15. The largest absolute Gasteiger partial charge is 0.480 e. The lowest BCUT2D eigenvalue weighted by atomic mass is 10.1. The molecular weight excluding hydrogens is 202 g/mol. The monoisotopic (exact) mass is 227 g/mol. The first-order valence-electron chi connectivity index (χ1n) is 6.72. The van der Waals surface area contributed by atoms with Crippen LogP contribution in [-0.2, 0) is 4.79 Å². The van der Waals surface area contributed by atoms with E-state index in [1.165, 1.54) is 38.5 Å². The van der Waals surface area contributed by atoms with E-state index in [1.807, 2.05) is 0 Å². The highest BCUT2D eigenvalue weighted by molar-refractivity contribution is 5.73. The van der Waals surface area contributed by atoms with Crippen LogP contribution in [0.25, 0.3) is 0 Å². The predicted molar refractivity (Wildman–Crippen MR) is 65.6 cm³/mol. The van der Waals surface area contributed by atoms with E-state index in [0.29, 0.717) is 0 Å². The van der Waals surface area contributed by atoms with Gasteiger partial charge in [-0.3, -0.25) is 9.69 Å². The van der Waals surface area contributed by atoms with E-state index in [2.05, 4.69) is 11.8 Å². The van der Waals surface area contributed by atoms with Crippen molar-refractivity contribution < 1.29 is 9.90 Å². The third kappa shape index (κ3) is 4.52. The van der Waals surface area contributed by atoms with E-state index in [4.69, 9.17) is 0 Å². The maximum atomic E-state index is 11.2. The van der Waals surface area contributed by atoms with E-state index >= 15 is 0 Å². The third-order valence-electron chi connectivity index (χ3n) is 3.45. The summed E-state index contributed by atoms with van der Waals surface area (Å²) in [5.74, 6) is -0.627. The van der Waals surface area contributed by atoms with Gasteiger partial charge in [0.05, 0.1) is 0 Å². The van der Waals surface area contributed by atoms with Gasteiger partial charge >= 0.3 is 5.97 Å². The van der Waals surface area contributed by atoms with Crippen LogP contribution in [0, 0.1) is 0 Å². The molecule has 0 aromatic heterocycles. The fourth-order valence-corrected chi connectivity index (χ4v) is 2.46. The highest BCUT2D eigenvalue weighted by atomic mass is 16.4. The molecule has 0 aliphatic carbocycles. The number of nitrogens with zero attached hydrogens (tertiary/aromatic N) is 1. The Morgan fingerprint density at radius 2 is 1.81 bits per heavy atom. The normalized spacial score (nSPS) is 18.8. The van der Waals surface area contributed by atoms with Crippen molar-refractivity contribution in [3.63, 3.8) is 0 Å². The second-order valence-electron chi connectivity index (χ2n) is 4.80. The Bertz CT molecular complexity index is 200. The molecular formula is C13H25NO2. The molecule has 1 rings (SSSR count). The SMILES string of the molecule is CCCCCCCC(C(=O)O)N1CCCC1. The zero-order valence-electron chi connectivity index (χ0n) is 10.5. The van der Waals surface area contributed by atoms with Gasteiger partial charge in [0.2, 0.25) is 0 Å². The molecule has 0 saturated carbocycles. The lowest BCUT2D eigenvalue weighted by Crippen LogP contribution is -2.39. The van der Waals surface area contributed by atoms with E-state index in [-0.39, 0.29) is 6.04 Å². The van der Waals surface area contributed by atoms with Gasteiger partial charge in [-0.15, -0.1) is 0 Å². The quantitative estimate of drug-likeness (QED) is 0.648. The van der Waals surface area contributed by atoms with Crippen LogP contribution in [0.4, 0.5) is 0 Å². The maximum absolute atomic E-state index is 11.2. The van der Waals surface area contributed by atoms with Crippen LogP contribution in [0.5, 0.6) is 0 Å². The molecule has 1 N–H and O–H groups in total. The highest BCUT2D eigenvalue weighted by Gasteiger charge is 2.26. The fourth-order valence-electron chi connectivity index (χ4n) is 2.46. The Balaban J connectivity index is 2.20. The van der Waals surface area contributed by atoms with Crippen molar-refractivity contribution in [3.05, 3.63) is 0 Å². The summed E-state index contributed by atoms with van der Waals surface area (Å²) in [4.78, 5) is 13.3. The van der Waals surface area contributed by atoms with Crippen molar-refractivity contribution in [1.29, 1.82) is 0 Å².